The maximum atomic E-state index is 11.3. The third-order valence-electron chi connectivity index (χ3n) is 3.67. The third kappa shape index (κ3) is 3.99. The van der Waals surface area contributed by atoms with Crippen LogP contribution in [0.5, 0.6) is 0 Å². The highest BCUT2D eigenvalue weighted by Crippen LogP contribution is 2.23. The van der Waals surface area contributed by atoms with Crippen LogP contribution in [-0.2, 0) is 6.54 Å². The van der Waals surface area contributed by atoms with Crippen molar-refractivity contribution in [3.63, 3.8) is 0 Å². The van der Waals surface area contributed by atoms with E-state index in [9.17, 15) is 4.79 Å². The van der Waals surface area contributed by atoms with Crippen LogP contribution < -0.4 is 17.0 Å². The summed E-state index contributed by atoms with van der Waals surface area (Å²) < 4.78 is 3.99. The number of carbonyl (C=O) groups excluding carboxylic acids is 1. The van der Waals surface area contributed by atoms with Gasteiger partial charge in [-0.15, -0.1) is 0 Å². The molecule has 0 spiro atoms. The van der Waals surface area contributed by atoms with Gasteiger partial charge in [-0.05, 0) is 43.3 Å². The van der Waals surface area contributed by atoms with Crippen LogP contribution in [0, 0.1) is 0 Å². The van der Waals surface area contributed by atoms with E-state index in [4.69, 9.17) is 23.2 Å². The Kier molecular flexibility index (Phi) is 6.05. The Bertz CT molecular complexity index is 837. The fourth-order valence-corrected chi connectivity index (χ4v) is 2.89. The number of benzene rings is 2. The molecule has 0 atom stereocenters. The number of carbonyl (C=O) groups is 1. The van der Waals surface area contributed by atoms with Gasteiger partial charge in [-0.3, -0.25) is 4.79 Å². The number of imidazole rings is 1. The van der Waals surface area contributed by atoms with E-state index in [1.54, 1.807) is 6.92 Å². The van der Waals surface area contributed by atoms with E-state index >= 15 is 0 Å². The topological polar surface area (TPSA) is 25.9 Å². The van der Waals surface area contributed by atoms with Crippen LogP contribution in [0.25, 0.3) is 5.69 Å². The van der Waals surface area contributed by atoms with E-state index in [-0.39, 0.29) is 18.2 Å². The SMILES string of the molecule is CC(=O)c1ccc(-n2cc[n+](Cc3c(Cl)cccc3Cl)c2)cc1.[Cl-]. The Labute approximate surface area is 156 Å². The standard InChI is InChI=1S/C18H15Cl2N2O.ClH/c1-13(23)14-5-7-15(8-6-14)22-10-9-21(12-22)11-16-17(19)3-2-4-18(16)20;/h2-10,12H,11H2,1H3;1H/q+1;/p-1. The molecule has 0 saturated heterocycles. The molecule has 3 rings (SSSR count). The lowest BCUT2D eigenvalue weighted by molar-refractivity contribution is -0.687. The number of Topliss-reactive ketones (excluding diaryl/α,β-unsaturated/α-hetero) is 1. The van der Waals surface area contributed by atoms with Crippen molar-refractivity contribution < 1.29 is 21.8 Å². The number of nitrogens with zero attached hydrogens (tertiary/aromatic N) is 2. The minimum atomic E-state index is 0. The molecule has 0 N–H and O–H groups in total. The van der Waals surface area contributed by atoms with Crippen LogP contribution in [-0.4, -0.2) is 10.4 Å². The lowest BCUT2D eigenvalue weighted by Crippen LogP contribution is -3.00. The number of rotatable bonds is 4. The summed E-state index contributed by atoms with van der Waals surface area (Å²) in [4.78, 5) is 11.3. The van der Waals surface area contributed by atoms with Crippen molar-refractivity contribution in [1.29, 1.82) is 0 Å². The first kappa shape index (κ1) is 18.5. The molecule has 124 valence electrons. The van der Waals surface area contributed by atoms with Crippen LogP contribution in [0.1, 0.15) is 22.8 Å². The summed E-state index contributed by atoms with van der Waals surface area (Å²) in [5, 5.41) is 1.31. The fourth-order valence-electron chi connectivity index (χ4n) is 2.37. The van der Waals surface area contributed by atoms with Gasteiger partial charge in [-0.1, -0.05) is 29.3 Å². The van der Waals surface area contributed by atoms with Crippen molar-refractivity contribution in [2.75, 3.05) is 0 Å². The monoisotopic (exact) mass is 380 g/mol. The summed E-state index contributed by atoms with van der Waals surface area (Å²) in [5.41, 5.74) is 2.58. The predicted octanol–water partition coefficient (Wildman–Crippen LogP) is 1.33. The van der Waals surface area contributed by atoms with Gasteiger partial charge in [-0.2, -0.15) is 0 Å². The van der Waals surface area contributed by atoms with Gasteiger partial charge >= 0.3 is 0 Å². The van der Waals surface area contributed by atoms with Crippen molar-refractivity contribution in [3.8, 4) is 5.69 Å². The Hall–Kier alpha value is -1.81. The molecular formula is C18H15Cl3N2O. The number of halogens is 3. The van der Waals surface area contributed by atoms with Gasteiger partial charge < -0.3 is 12.4 Å². The molecule has 0 aliphatic rings. The fraction of sp³-hybridized carbons (Fsp3) is 0.111. The van der Waals surface area contributed by atoms with Gasteiger partial charge in [-0.25, -0.2) is 9.13 Å². The van der Waals surface area contributed by atoms with Gasteiger partial charge in [0.1, 0.15) is 24.6 Å². The van der Waals surface area contributed by atoms with Crippen molar-refractivity contribution in [2.45, 2.75) is 13.5 Å². The maximum absolute atomic E-state index is 11.3. The van der Waals surface area contributed by atoms with Crippen LogP contribution >= 0.6 is 23.2 Å². The molecule has 1 aromatic heterocycles. The zero-order valence-electron chi connectivity index (χ0n) is 12.9. The Morgan fingerprint density at radius 1 is 1.08 bits per heavy atom. The normalized spacial score (nSPS) is 10.3. The van der Waals surface area contributed by atoms with E-state index < -0.39 is 0 Å². The molecule has 6 heteroatoms. The smallest absolute Gasteiger partial charge is 0.249 e. The van der Waals surface area contributed by atoms with Gasteiger partial charge in [0, 0.05) is 21.2 Å². The van der Waals surface area contributed by atoms with E-state index in [0.717, 1.165) is 11.3 Å². The molecule has 24 heavy (non-hydrogen) atoms. The van der Waals surface area contributed by atoms with Gasteiger partial charge in [0.15, 0.2) is 5.78 Å². The average molecular weight is 382 g/mol. The maximum Gasteiger partial charge on any atom is 0.249 e. The first-order chi connectivity index (χ1) is 11.0. The average Bonchev–Trinajstić information content (AvgIpc) is 3.00. The Morgan fingerprint density at radius 3 is 2.29 bits per heavy atom. The first-order valence-corrected chi connectivity index (χ1v) is 7.91. The Morgan fingerprint density at radius 2 is 1.71 bits per heavy atom. The predicted molar refractivity (Wildman–Crippen MR) is 91.5 cm³/mol. The Balaban J connectivity index is 0.00000208. The quantitative estimate of drug-likeness (QED) is 0.494. The molecule has 0 fully saturated rings. The summed E-state index contributed by atoms with van der Waals surface area (Å²) in [6, 6.07) is 13.0. The lowest BCUT2D eigenvalue weighted by atomic mass is 10.1. The molecule has 2 aromatic carbocycles. The van der Waals surface area contributed by atoms with Crippen LogP contribution in [0.3, 0.4) is 0 Å². The third-order valence-corrected chi connectivity index (χ3v) is 4.37. The molecular weight excluding hydrogens is 367 g/mol. The molecule has 0 saturated carbocycles. The van der Waals surface area contributed by atoms with Crippen molar-refractivity contribution in [3.05, 3.63) is 82.4 Å². The molecule has 0 radical (unpaired) electrons. The summed E-state index contributed by atoms with van der Waals surface area (Å²) in [6.45, 7) is 2.16. The molecule has 3 nitrogen and oxygen atoms in total. The minimum absolute atomic E-state index is 0. The van der Waals surface area contributed by atoms with Gasteiger partial charge in [0.2, 0.25) is 6.33 Å². The molecule has 0 bridgehead atoms. The summed E-state index contributed by atoms with van der Waals surface area (Å²) in [7, 11) is 0. The van der Waals surface area contributed by atoms with Crippen LogP contribution in [0.15, 0.2) is 61.2 Å². The molecule has 0 aliphatic carbocycles. The van der Waals surface area contributed by atoms with E-state index in [1.165, 1.54) is 0 Å². The van der Waals surface area contributed by atoms with Crippen molar-refractivity contribution in [1.82, 2.24) is 4.57 Å². The van der Waals surface area contributed by atoms with Crippen LogP contribution in [0.2, 0.25) is 10.0 Å². The van der Waals surface area contributed by atoms with Crippen LogP contribution in [0.4, 0.5) is 0 Å². The molecule has 0 unspecified atom stereocenters. The molecule has 1 heterocycles. The minimum Gasteiger partial charge on any atom is -1.00 e. The molecule has 0 amide bonds. The van der Waals surface area contributed by atoms with Gasteiger partial charge in [0.25, 0.3) is 0 Å². The first-order valence-electron chi connectivity index (χ1n) is 7.16. The number of hydrogen-bond donors (Lipinski definition) is 0. The summed E-state index contributed by atoms with van der Waals surface area (Å²) >= 11 is 12.4. The lowest BCUT2D eigenvalue weighted by Gasteiger charge is -2.03. The zero-order chi connectivity index (χ0) is 16.4. The molecule has 0 aliphatic heterocycles. The highest BCUT2D eigenvalue weighted by atomic mass is 35.5. The highest BCUT2D eigenvalue weighted by molar-refractivity contribution is 6.35. The van der Waals surface area contributed by atoms with Crippen molar-refractivity contribution in [2.24, 2.45) is 0 Å². The summed E-state index contributed by atoms with van der Waals surface area (Å²) in [6.07, 6.45) is 5.87. The van der Waals surface area contributed by atoms with Crippen molar-refractivity contribution >= 4 is 29.0 Å². The number of hydrogen-bond acceptors (Lipinski definition) is 1. The summed E-state index contributed by atoms with van der Waals surface area (Å²) in [5.74, 6) is 0.0625. The number of aromatic nitrogens is 2. The second kappa shape index (κ2) is 7.84. The molecule has 3 aromatic rings. The van der Waals surface area contributed by atoms with E-state index in [1.807, 2.05) is 70.3 Å². The van der Waals surface area contributed by atoms with E-state index in [0.29, 0.717) is 22.2 Å². The second-order valence-corrected chi connectivity index (χ2v) is 6.11. The highest BCUT2D eigenvalue weighted by Gasteiger charge is 2.12. The van der Waals surface area contributed by atoms with Gasteiger partial charge in [0.05, 0.1) is 0 Å². The zero-order valence-corrected chi connectivity index (χ0v) is 15.2. The van der Waals surface area contributed by atoms with E-state index in [2.05, 4.69) is 0 Å². The largest absolute Gasteiger partial charge is 1.00 e. The second-order valence-electron chi connectivity index (χ2n) is 5.30. The number of ketones is 1.